The lowest BCUT2D eigenvalue weighted by molar-refractivity contribution is -0.405. The van der Waals surface area contributed by atoms with Crippen LogP contribution in [0.3, 0.4) is 0 Å². The highest BCUT2D eigenvalue weighted by Gasteiger charge is 2.84. The Hall–Kier alpha value is -2.53. The summed E-state index contributed by atoms with van der Waals surface area (Å²) < 4.78 is 23.4. The van der Waals surface area contributed by atoms with E-state index in [0.29, 0.717) is 25.9 Å². The van der Waals surface area contributed by atoms with Crippen LogP contribution in [0.1, 0.15) is 46.5 Å². The summed E-state index contributed by atoms with van der Waals surface area (Å²) in [6.45, 7) is 5.98. The lowest BCUT2D eigenvalue weighted by atomic mass is 9.58. The summed E-state index contributed by atoms with van der Waals surface area (Å²) >= 11 is 0. The van der Waals surface area contributed by atoms with Crippen molar-refractivity contribution < 1.29 is 48.2 Å². The van der Waals surface area contributed by atoms with Crippen LogP contribution in [-0.4, -0.2) is 71.8 Å². The van der Waals surface area contributed by atoms with Crippen LogP contribution in [0.5, 0.6) is 0 Å². The fourth-order valence-electron chi connectivity index (χ4n) is 6.21. The molecular weight excluding hydrogens is 472 g/mol. The number of aliphatic hydroxyl groups excluding tert-OH is 1. The van der Waals surface area contributed by atoms with Crippen molar-refractivity contribution in [2.24, 2.45) is 11.3 Å². The first-order valence-electron chi connectivity index (χ1n) is 12.4. The highest BCUT2D eigenvalue weighted by Crippen LogP contribution is 2.69. The summed E-state index contributed by atoms with van der Waals surface area (Å²) in [5.41, 5.74) is -1.75. The maximum absolute atomic E-state index is 12.8. The number of aliphatic hydroxyl groups is 1. The molecule has 1 N–H and O–H groups in total. The number of carbonyl (C=O) groups is 3. The van der Waals surface area contributed by atoms with Crippen molar-refractivity contribution in [1.82, 2.24) is 0 Å². The quantitative estimate of drug-likeness (QED) is 0.226. The van der Waals surface area contributed by atoms with E-state index in [4.69, 9.17) is 28.7 Å². The average Bonchev–Trinajstić information content (AvgIpc) is 3.62. The van der Waals surface area contributed by atoms with Crippen LogP contribution in [0.25, 0.3) is 0 Å². The minimum Gasteiger partial charge on any atom is -0.463 e. The molecule has 3 heterocycles. The van der Waals surface area contributed by atoms with E-state index in [1.807, 2.05) is 19.9 Å². The molecule has 196 valence electrons. The Bertz CT molecular complexity index is 1030. The number of hydrogen-bond donors (Lipinski definition) is 1. The molecule has 2 bridgehead atoms. The number of carbonyl (C=O) groups excluding carboxylic acids is 3. The Balaban J connectivity index is 1.52. The van der Waals surface area contributed by atoms with E-state index in [2.05, 4.69) is 0 Å². The van der Waals surface area contributed by atoms with Gasteiger partial charge in [-0.3, -0.25) is 4.89 Å². The van der Waals surface area contributed by atoms with Gasteiger partial charge >= 0.3 is 17.9 Å². The van der Waals surface area contributed by atoms with E-state index in [-0.39, 0.29) is 19.1 Å². The zero-order valence-corrected chi connectivity index (χ0v) is 20.6. The Morgan fingerprint density at radius 1 is 1.06 bits per heavy atom. The van der Waals surface area contributed by atoms with E-state index in [1.54, 1.807) is 6.92 Å². The number of hydrogen-bond acceptors (Lipinski definition) is 10. The van der Waals surface area contributed by atoms with Crippen molar-refractivity contribution in [3.8, 4) is 0 Å². The molecule has 3 aliphatic heterocycles. The van der Waals surface area contributed by atoms with E-state index < -0.39 is 58.8 Å². The highest BCUT2D eigenvalue weighted by atomic mass is 17.2. The van der Waals surface area contributed by atoms with Gasteiger partial charge in [0.2, 0.25) is 0 Å². The van der Waals surface area contributed by atoms with Crippen LogP contribution in [0.15, 0.2) is 36.0 Å². The number of rotatable bonds is 0. The maximum atomic E-state index is 12.8. The molecule has 0 aromatic rings. The molecule has 2 aliphatic carbocycles. The van der Waals surface area contributed by atoms with Gasteiger partial charge in [-0.15, -0.1) is 0 Å². The Morgan fingerprint density at radius 3 is 2.50 bits per heavy atom. The lowest BCUT2D eigenvalue weighted by Gasteiger charge is -2.56. The van der Waals surface area contributed by atoms with Gasteiger partial charge in [-0.2, -0.15) is 4.89 Å². The van der Waals surface area contributed by atoms with Crippen LogP contribution in [0, 0.1) is 11.3 Å². The summed E-state index contributed by atoms with van der Waals surface area (Å²) in [4.78, 5) is 48.7. The third-order valence-electron chi connectivity index (χ3n) is 8.61. The molecule has 36 heavy (non-hydrogen) atoms. The maximum Gasteiger partial charge on any atom is 0.370 e. The predicted molar refractivity (Wildman–Crippen MR) is 122 cm³/mol. The van der Waals surface area contributed by atoms with Gasteiger partial charge in [0, 0.05) is 18.6 Å². The van der Waals surface area contributed by atoms with Crippen molar-refractivity contribution in [1.29, 1.82) is 0 Å². The van der Waals surface area contributed by atoms with Gasteiger partial charge in [-0.05, 0) is 39.0 Å². The monoisotopic (exact) mass is 504 g/mol. The third kappa shape index (κ3) is 3.82. The summed E-state index contributed by atoms with van der Waals surface area (Å²) in [6, 6.07) is 0. The predicted octanol–water partition coefficient (Wildman–Crippen LogP) is 1.85. The molecule has 1 saturated carbocycles. The topological polar surface area (TPSA) is 130 Å². The molecule has 2 saturated heterocycles. The van der Waals surface area contributed by atoms with Gasteiger partial charge in [0.15, 0.2) is 11.7 Å². The first-order chi connectivity index (χ1) is 17.1. The van der Waals surface area contributed by atoms with Crippen molar-refractivity contribution >= 4 is 17.9 Å². The molecule has 10 nitrogen and oxygen atoms in total. The Morgan fingerprint density at radius 2 is 1.78 bits per heavy atom. The average molecular weight is 505 g/mol. The molecule has 0 aromatic heterocycles. The molecule has 10 heteroatoms. The first kappa shape index (κ1) is 25.1. The standard InChI is InChI=1S/C26H32O10/c1-15-8-10-25-18(12-15)33-19-13-17(24(25,3)26(19)14-32-26)34-21(28)7-5-4-6-20(27)31-11-9-16(2)22(29)23(30)35-36-25/h4-7,12,16-19,22,29H,8-11,13-14H2,1-3H3. The van der Waals surface area contributed by atoms with Crippen LogP contribution < -0.4 is 0 Å². The van der Waals surface area contributed by atoms with E-state index in [9.17, 15) is 19.5 Å². The van der Waals surface area contributed by atoms with Gasteiger partial charge < -0.3 is 24.1 Å². The van der Waals surface area contributed by atoms with Crippen molar-refractivity contribution in [2.75, 3.05) is 13.2 Å². The molecule has 3 fully saturated rings. The van der Waals surface area contributed by atoms with Crippen LogP contribution in [-0.2, 0) is 43.1 Å². The van der Waals surface area contributed by atoms with Crippen molar-refractivity contribution in [3.05, 3.63) is 36.0 Å². The van der Waals surface area contributed by atoms with Crippen LogP contribution in [0.4, 0.5) is 0 Å². The number of allylic oxidation sites excluding steroid dienone is 3. The van der Waals surface area contributed by atoms with Gasteiger partial charge in [-0.1, -0.05) is 30.7 Å². The van der Waals surface area contributed by atoms with Gasteiger partial charge in [0.25, 0.3) is 0 Å². The number of esters is 2. The van der Waals surface area contributed by atoms with E-state index in [1.165, 1.54) is 24.3 Å². The fraction of sp³-hybridized carbons (Fsp3) is 0.654. The molecule has 8 atom stereocenters. The minimum atomic E-state index is -1.50. The van der Waals surface area contributed by atoms with Gasteiger partial charge in [0.05, 0.1) is 24.7 Å². The smallest absolute Gasteiger partial charge is 0.370 e. The zero-order valence-electron chi connectivity index (χ0n) is 20.6. The third-order valence-corrected chi connectivity index (χ3v) is 8.61. The summed E-state index contributed by atoms with van der Waals surface area (Å²) in [5, 5.41) is 10.6. The van der Waals surface area contributed by atoms with Gasteiger partial charge in [0.1, 0.15) is 17.8 Å². The Labute approximate surface area is 209 Å². The summed E-state index contributed by atoms with van der Waals surface area (Å²) in [6.07, 6.45) is 5.84. The second-order valence-corrected chi connectivity index (χ2v) is 10.6. The van der Waals surface area contributed by atoms with E-state index >= 15 is 0 Å². The second kappa shape index (κ2) is 9.09. The second-order valence-electron chi connectivity index (χ2n) is 10.6. The highest BCUT2D eigenvalue weighted by molar-refractivity contribution is 5.84. The number of ether oxygens (including phenoxy) is 4. The molecule has 0 amide bonds. The SMILES string of the molecule is CC1=CC2OC3CC4OC(=O)C=CC=CC(=O)OCCC(C)C(O)C(=O)OOC2(CC1)C4(C)C31CO1. The minimum absolute atomic E-state index is 0.00772. The largest absolute Gasteiger partial charge is 0.463 e. The summed E-state index contributed by atoms with van der Waals surface area (Å²) in [5.74, 6) is -2.73. The fourth-order valence-corrected chi connectivity index (χ4v) is 6.21. The molecule has 5 aliphatic rings. The normalized spacial score (nSPS) is 45.1. The lowest BCUT2D eigenvalue weighted by Crippen LogP contribution is -2.70. The summed E-state index contributed by atoms with van der Waals surface area (Å²) in [7, 11) is 0. The zero-order chi connectivity index (χ0) is 25.7. The number of cyclic esters (lactones) is 1. The van der Waals surface area contributed by atoms with Crippen molar-refractivity contribution in [2.45, 2.75) is 82.1 Å². The molecule has 2 spiro atoms. The van der Waals surface area contributed by atoms with E-state index in [0.717, 1.165) is 5.57 Å². The van der Waals surface area contributed by atoms with Gasteiger partial charge in [-0.25, -0.2) is 14.4 Å². The van der Waals surface area contributed by atoms with Crippen molar-refractivity contribution in [3.63, 3.8) is 0 Å². The molecule has 5 rings (SSSR count). The first-order valence-corrected chi connectivity index (χ1v) is 12.4. The Kier molecular flexibility index (Phi) is 6.35. The molecule has 0 radical (unpaired) electrons. The number of epoxide rings is 1. The molecular formula is C26H32O10. The van der Waals surface area contributed by atoms with Crippen LogP contribution >= 0.6 is 0 Å². The molecule has 0 aromatic carbocycles. The van der Waals surface area contributed by atoms with Crippen LogP contribution in [0.2, 0.25) is 0 Å². The molecule has 8 unspecified atom stereocenters.